The van der Waals surface area contributed by atoms with E-state index in [1.165, 1.54) is 11.2 Å². The van der Waals surface area contributed by atoms with Crippen LogP contribution in [-0.2, 0) is 6.54 Å². The molecule has 1 aromatic heterocycles. The van der Waals surface area contributed by atoms with Crippen LogP contribution in [0.1, 0.15) is 16.2 Å². The minimum absolute atomic E-state index is 0.205. The lowest BCUT2D eigenvalue weighted by molar-refractivity contribution is 0.0574. The van der Waals surface area contributed by atoms with E-state index in [0.717, 1.165) is 5.69 Å². The molecule has 2 rings (SSSR count). The van der Waals surface area contributed by atoms with Crippen LogP contribution in [0.25, 0.3) is 0 Å². The maximum Gasteiger partial charge on any atom is 0.276 e. The van der Waals surface area contributed by atoms with Crippen LogP contribution in [0, 0.1) is 0 Å². The second kappa shape index (κ2) is 2.06. The number of nitrogens with one attached hydrogen (secondary N) is 1. The fourth-order valence-corrected chi connectivity index (χ4v) is 1.15. The summed E-state index contributed by atoms with van der Waals surface area (Å²) in [5.41, 5.74) is 1.21. The highest BCUT2D eigenvalue weighted by atomic mass is 16.3. The number of amides is 1. The summed E-state index contributed by atoms with van der Waals surface area (Å²) in [6.07, 6.45) is 1.48. The zero-order valence-corrected chi connectivity index (χ0v) is 5.74. The number of H-pyrrole nitrogens is 1. The number of aromatic nitrogens is 2. The fourth-order valence-electron chi connectivity index (χ4n) is 1.15. The lowest BCUT2D eigenvalue weighted by Crippen LogP contribution is -2.25. The van der Waals surface area contributed by atoms with E-state index in [0.29, 0.717) is 12.2 Å². The summed E-state index contributed by atoms with van der Waals surface area (Å²) in [6.45, 7) is 0.188. The number of fused-ring (bicyclic) bond motifs is 1. The molecule has 0 aromatic carbocycles. The normalized spacial score (nSPS) is 15.7. The van der Waals surface area contributed by atoms with Gasteiger partial charge in [-0.2, -0.15) is 0 Å². The summed E-state index contributed by atoms with van der Waals surface area (Å²) < 4.78 is 0. The van der Waals surface area contributed by atoms with Crippen LogP contribution in [0.5, 0.6) is 0 Å². The Labute approximate surface area is 62.7 Å². The Morgan fingerprint density at radius 2 is 2.64 bits per heavy atom. The molecule has 0 bridgehead atoms. The van der Waals surface area contributed by atoms with Crippen LogP contribution < -0.4 is 0 Å². The SMILES string of the molecule is O=C1c2nc[nH]c2CN1CO. The standard InChI is InChI=1S/C6H7N3O2/c10-3-9-1-4-5(6(9)11)8-2-7-4/h2,10H,1,3H2,(H,7,8). The first kappa shape index (κ1) is 6.36. The van der Waals surface area contributed by atoms with Gasteiger partial charge in [0.25, 0.3) is 5.91 Å². The van der Waals surface area contributed by atoms with Gasteiger partial charge in [-0.15, -0.1) is 0 Å². The largest absolute Gasteiger partial charge is 0.376 e. The average Bonchev–Trinajstić information content (AvgIpc) is 2.53. The Morgan fingerprint density at radius 3 is 3.27 bits per heavy atom. The predicted octanol–water partition coefficient (Wildman–Crippen LogP) is -0.685. The monoisotopic (exact) mass is 153 g/mol. The summed E-state index contributed by atoms with van der Waals surface area (Å²) in [5.74, 6) is -0.205. The van der Waals surface area contributed by atoms with Crippen molar-refractivity contribution in [2.24, 2.45) is 0 Å². The van der Waals surface area contributed by atoms with E-state index in [4.69, 9.17) is 5.11 Å². The summed E-state index contributed by atoms with van der Waals surface area (Å²) in [7, 11) is 0. The van der Waals surface area contributed by atoms with E-state index in [1.807, 2.05) is 0 Å². The van der Waals surface area contributed by atoms with Gasteiger partial charge < -0.3 is 15.0 Å². The third kappa shape index (κ3) is 0.743. The van der Waals surface area contributed by atoms with Crippen LogP contribution in [-0.4, -0.2) is 32.6 Å². The Morgan fingerprint density at radius 1 is 1.82 bits per heavy atom. The number of carbonyl (C=O) groups is 1. The van der Waals surface area contributed by atoms with Crippen molar-refractivity contribution in [2.45, 2.75) is 6.54 Å². The van der Waals surface area contributed by atoms with Crippen LogP contribution >= 0.6 is 0 Å². The van der Waals surface area contributed by atoms with Crippen molar-refractivity contribution in [3.05, 3.63) is 17.7 Å². The second-order valence-corrected chi connectivity index (χ2v) is 2.37. The quantitative estimate of drug-likeness (QED) is 0.561. The van der Waals surface area contributed by atoms with Crippen molar-refractivity contribution in [1.82, 2.24) is 14.9 Å². The lowest BCUT2D eigenvalue weighted by atomic mass is 10.4. The smallest absolute Gasteiger partial charge is 0.276 e. The Balaban J connectivity index is 2.37. The third-order valence-corrected chi connectivity index (χ3v) is 1.73. The molecule has 5 nitrogen and oxygen atoms in total. The first-order valence-corrected chi connectivity index (χ1v) is 3.25. The molecule has 1 aliphatic rings. The zero-order valence-electron chi connectivity index (χ0n) is 5.74. The molecule has 1 aliphatic heterocycles. The number of carbonyl (C=O) groups excluding carboxylic acids is 1. The molecule has 0 unspecified atom stereocenters. The molecule has 58 valence electrons. The number of aliphatic hydroxyl groups excluding tert-OH is 1. The van der Waals surface area contributed by atoms with Gasteiger partial charge in [0.1, 0.15) is 6.73 Å². The van der Waals surface area contributed by atoms with E-state index >= 15 is 0 Å². The van der Waals surface area contributed by atoms with Crippen LogP contribution in [0.3, 0.4) is 0 Å². The summed E-state index contributed by atoms with van der Waals surface area (Å²) >= 11 is 0. The maximum absolute atomic E-state index is 11.2. The summed E-state index contributed by atoms with van der Waals surface area (Å²) in [5, 5.41) is 8.69. The van der Waals surface area contributed by atoms with Crippen LogP contribution in [0.2, 0.25) is 0 Å². The molecule has 0 fully saturated rings. The molecule has 0 saturated carbocycles. The number of hydrogen-bond acceptors (Lipinski definition) is 3. The minimum Gasteiger partial charge on any atom is -0.376 e. The van der Waals surface area contributed by atoms with Crippen molar-refractivity contribution in [1.29, 1.82) is 0 Å². The summed E-state index contributed by atoms with van der Waals surface area (Å²) in [6, 6.07) is 0. The average molecular weight is 153 g/mol. The van der Waals surface area contributed by atoms with Crippen molar-refractivity contribution < 1.29 is 9.90 Å². The van der Waals surface area contributed by atoms with E-state index in [2.05, 4.69) is 9.97 Å². The highest BCUT2D eigenvalue weighted by Crippen LogP contribution is 2.17. The Kier molecular flexibility index (Phi) is 1.19. The lowest BCUT2D eigenvalue weighted by Gasteiger charge is -2.09. The molecule has 1 amide bonds. The Hall–Kier alpha value is -1.36. The molecular formula is C6H7N3O2. The van der Waals surface area contributed by atoms with Crippen molar-refractivity contribution in [3.63, 3.8) is 0 Å². The number of nitrogens with zero attached hydrogens (tertiary/aromatic N) is 2. The van der Waals surface area contributed by atoms with Gasteiger partial charge >= 0.3 is 0 Å². The molecule has 0 radical (unpaired) electrons. The van der Waals surface area contributed by atoms with E-state index < -0.39 is 0 Å². The van der Waals surface area contributed by atoms with Crippen molar-refractivity contribution in [3.8, 4) is 0 Å². The molecule has 5 heteroatoms. The number of rotatable bonds is 1. The first-order chi connectivity index (χ1) is 5.33. The second-order valence-electron chi connectivity index (χ2n) is 2.37. The van der Waals surface area contributed by atoms with E-state index in [1.54, 1.807) is 0 Å². The number of aromatic amines is 1. The van der Waals surface area contributed by atoms with Gasteiger partial charge in [0.15, 0.2) is 5.69 Å². The topological polar surface area (TPSA) is 69.2 Å². The van der Waals surface area contributed by atoms with Crippen molar-refractivity contribution >= 4 is 5.91 Å². The molecule has 2 heterocycles. The predicted molar refractivity (Wildman–Crippen MR) is 35.5 cm³/mol. The Bertz CT molecular complexity index is 294. The molecule has 0 atom stereocenters. The van der Waals surface area contributed by atoms with Crippen LogP contribution in [0.15, 0.2) is 6.33 Å². The van der Waals surface area contributed by atoms with Crippen LogP contribution in [0.4, 0.5) is 0 Å². The molecule has 0 spiro atoms. The molecule has 2 N–H and O–H groups in total. The number of hydrogen-bond donors (Lipinski definition) is 2. The van der Waals surface area contributed by atoms with Gasteiger partial charge in [0.2, 0.25) is 0 Å². The fraction of sp³-hybridized carbons (Fsp3) is 0.333. The molecular weight excluding hydrogens is 146 g/mol. The van der Waals surface area contributed by atoms with E-state index in [9.17, 15) is 4.79 Å². The van der Waals surface area contributed by atoms with E-state index in [-0.39, 0.29) is 12.6 Å². The molecule has 11 heavy (non-hydrogen) atoms. The zero-order chi connectivity index (χ0) is 7.84. The first-order valence-electron chi connectivity index (χ1n) is 3.25. The maximum atomic E-state index is 11.2. The summed E-state index contributed by atoms with van der Waals surface area (Å²) in [4.78, 5) is 19.1. The highest BCUT2D eigenvalue weighted by Gasteiger charge is 2.28. The highest BCUT2D eigenvalue weighted by molar-refractivity contribution is 5.95. The van der Waals surface area contributed by atoms with Gasteiger partial charge in [0, 0.05) is 0 Å². The molecule has 0 aliphatic carbocycles. The third-order valence-electron chi connectivity index (χ3n) is 1.73. The molecule has 1 aromatic rings. The van der Waals surface area contributed by atoms with Gasteiger partial charge in [-0.25, -0.2) is 4.98 Å². The van der Waals surface area contributed by atoms with Gasteiger partial charge in [-0.1, -0.05) is 0 Å². The number of aliphatic hydroxyl groups is 1. The number of imidazole rings is 1. The van der Waals surface area contributed by atoms with Crippen molar-refractivity contribution in [2.75, 3.05) is 6.73 Å². The van der Waals surface area contributed by atoms with Gasteiger partial charge in [-0.05, 0) is 0 Å². The van der Waals surface area contributed by atoms with Gasteiger partial charge in [0.05, 0.1) is 18.6 Å². The minimum atomic E-state index is -0.247. The molecule has 0 saturated heterocycles. The van der Waals surface area contributed by atoms with Gasteiger partial charge in [-0.3, -0.25) is 4.79 Å².